The molecule has 2 aromatic carbocycles. The van der Waals surface area contributed by atoms with Gasteiger partial charge in [0.2, 0.25) is 0 Å². The minimum atomic E-state index is -4.30. The zero-order chi connectivity index (χ0) is 16.0. The molecule has 0 amide bonds. The van der Waals surface area contributed by atoms with Crippen molar-refractivity contribution in [1.29, 1.82) is 0 Å². The molecule has 1 heterocycles. The number of para-hydroxylation sites is 1. The van der Waals surface area contributed by atoms with Gasteiger partial charge in [-0.3, -0.25) is 0 Å². The molecule has 3 rings (SSSR count). The summed E-state index contributed by atoms with van der Waals surface area (Å²) in [7, 11) is 0. The van der Waals surface area contributed by atoms with Crippen LogP contribution in [-0.4, -0.2) is 5.60 Å². The molecule has 0 bridgehead atoms. The minimum Gasteiger partial charge on any atom is -0.488 e. The van der Waals surface area contributed by atoms with Crippen LogP contribution in [0.1, 0.15) is 42.9 Å². The fourth-order valence-corrected chi connectivity index (χ4v) is 3.00. The average Bonchev–Trinajstić information content (AvgIpc) is 2.44. The fourth-order valence-electron chi connectivity index (χ4n) is 3.00. The molecule has 116 valence electrons. The lowest BCUT2D eigenvalue weighted by atomic mass is 9.80. The summed E-state index contributed by atoms with van der Waals surface area (Å²) in [4.78, 5) is 0. The molecule has 1 nitrogen and oxygen atoms in total. The molecule has 1 unspecified atom stereocenters. The van der Waals surface area contributed by atoms with Crippen LogP contribution in [0.5, 0.6) is 5.75 Å². The molecule has 4 heteroatoms. The number of fused-ring (bicyclic) bond motifs is 1. The third kappa shape index (κ3) is 2.82. The first-order valence-electron chi connectivity index (χ1n) is 7.21. The molecule has 0 fully saturated rings. The van der Waals surface area contributed by atoms with E-state index in [1.165, 1.54) is 0 Å². The predicted octanol–water partition coefficient (Wildman–Crippen LogP) is 5.40. The first-order valence-corrected chi connectivity index (χ1v) is 7.21. The predicted molar refractivity (Wildman–Crippen MR) is 79.1 cm³/mol. The molecular formula is C18H17F3O. The number of rotatable bonds is 1. The second kappa shape index (κ2) is 5.04. The summed E-state index contributed by atoms with van der Waals surface area (Å²) in [5.74, 6) is 0.853. The van der Waals surface area contributed by atoms with Crippen molar-refractivity contribution in [3.63, 3.8) is 0 Å². The van der Waals surface area contributed by atoms with Crippen LogP contribution in [0.2, 0.25) is 0 Å². The highest BCUT2D eigenvalue weighted by Gasteiger charge is 2.35. The van der Waals surface area contributed by atoms with E-state index in [1.807, 2.05) is 38.1 Å². The highest BCUT2D eigenvalue weighted by molar-refractivity contribution is 5.45. The number of halogens is 3. The maximum Gasteiger partial charge on any atom is 0.416 e. The van der Waals surface area contributed by atoms with E-state index in [4.69, 9.17) is 4.74 Å². The van der Waals surface area contributed by atoms with E-state index in [-0.39, 0.29) is 11.5 Å². The lowest BCUT2D eigenvalue weighted by molar-refractivity contribution is -0.137. The number of alkyl halides is 3. The van der Waals surface area contributed by atoms with Crippen molar-refractivity contribution in [1.82, 2.24) is 0 Å². The van der Waals surface area contributed by atoms with Crippen LogP contribution >= 0.6 is 0 Å². The molecule has 0 aliphatic carbocycles. The van der Waals surface area contributed by atoms with Gasteiger partial charge in [-0.2, -0.15) is 13.2 Å². The Morgan fingerprint density at radius 3 is 2.27 bits per heavy atom. The molecule has 1 aliphatic rings. The van der Waals surface area contributed by atoms with Gasteiger partial charge in [0.25, 0.3) is 0 Å². The molecule has 1 atom stereocenters. The van der Waals surface area contributed by atoms with Crippen LogP contribution in [0, 0.1) is 0 Å². The SMILES string of the molecule is CC1(C)CC(c2ccc(C(F)(F)F)cc2)c2ccccc2O1. The van der Waals surface area contributed by atoms with Gasteiger partial charge in [-0.15, -0.1) is 0 Å². The zero-order valence-corrected chi connectivity index (χ0v) is 12.4. The summed E-state index contributed by atoms with van der Waals surface area (Å²) >= 11 is 0. The second-order valence-electron chi connectivity index (χ2n) is 6.28. The van der Waals surface area contributed by atoms with Crippen LogP contribution in [0.25, 0.3) is 0 Å². The van der Waals surface area contributed by atoms with Crippen LogP contribution in [0.3, 0.4) is 0 Å². The van der Waals surface area contributed by atoms with Gasteiger partial charge in [0.15, 0.2) is 0 Å². The Labute approximate surface area is 127 Å². The van der Waals surface area contributed by atoms with E-state index >= 15 is 0 Å². The topological polar surface area (TPSA) is 9.23 Å². The van der Waals surface area contributed by atoms with Gasteiger partial charge >= 0.3 is 6.18 Å². The minimum absolute atomic E-state index is 0.0437. The fraction of sp³-hybridized carbons (Fsp3) is 0.333. The number of benzene rings is 2. The van der Waals surface area contributed by atoms with Crippen molar-refractivity contribution in [2.24, 2.45) is 0 Å². The van der Waals surface area contributed by atoms with Crippen LogP contribution in [0.15, 0.2) is 48.5 Å². The van der Waals surface area contributed by atoms with Crippen molar-refractivity contribution in [3.05, 3.63) is 65.2 Å². The van der Waals surface area contributed by atoms with E-state index in [0.29, 0.717) is 0 Å². The third-order valence-electron chi connectivity index (χ3n) is 4.02. The summed E-state index contributed by atoms with van der Waals surface area (Å²) in [5.41, 5.74) is 0.955. The van der Waals surface area contributed by atoms with Crippen molar-refractivity contribution in [2.75, 3.05) is 0 Å². The normalized spacial score (nSPS) is 20.1. The highest BCUT2D eigenvalue weighted by atomic mass is 19.4. The molecule has 0 radical (unpaired) electrons. The molecule has 0 saturated heterocycles. The van der Waals surface area contributed by atoms with Crippen molar-refractivity contribution in [2.45, 2.75) is 38.0 Å². The summed E-state index contributed by atoms with van der Waals surface area (Å²) < 4.78 is 44.1. The third-order valence-corrected chi connectivity index (χ3v) is 4.02. The second-order valence-corrected chi connectivity index (χ2v) is 6.28. The first kappa shape index (κ1) is 14.9. The Bertz CT molecular complexity index is 671. The van der Waals surface area contributed by atoms with Gasteiger partial charge in [-0.25, -0.2) is 0 Å². The average molecular weight is 306 g/mol. The Morgan fingerprint density at radius 1 is 1.00 bits per heavy atom. The number of hydrogen-bond donors (Lipinski definition) is 0. The zero-order valence-electron chi connectivity index (χ0n) is 12.4. The van der Waals surface area contributed by atoms with Crippen molar-refractivity contribution in [3.8, 4) is 5.75 Å². The van der Waals surface area contributed by atoms with E-state index in [0.717, 1.165) is 35.4 Å². The quantitative estimate of drug-likeness (QED) is 0.685. The smallest absolute Gasteiger partial charge is 0.416 e. The Kier molecular flexibility index (Phi) is 3.42. The monoisotopic (exact) mass is 306 g/mol. The maximum absolute atomic E-state index is 12.7. The number of ether oxygens (including phenoxy) is 1. The van der Waals surface area contributed by atoms with Crippen LogP contribution in [0.4, 0.5) is 13.2 Å². The first-order chi connectivity index (χ1) is 10.3. The summed E-state index contributed by atoms with van der Waals surface area (Å²) in [6.07, 6.45) is -3.57. The van der Waals surface area contributed by atoms with Gasteiger partial charge in [0, 0.05) is 11.5 Å². The summed E-state index contributed by atoms with van der Waals surface area (Å²) in [6, 6.07) is 13.2. The molecule has 0 saturated carbocycles. The summed E-state index contributed by atoms with van der Waals surface area (Å²) in [5, 5.41) is 0. The van der Waals surface area contributed by atoms with Crippen molar-refractivity contribution >= 4 is 0 Å². The van der Waals surface area contributed by atoms with Gasteiger partial charge in [0.1, 0.15) is 11.4 Å². The van der Waals surface area contributed by atoms with Gasteiger partial charge < -0.3 is 4.74 Å². The van der Waals surface area contributed by atoms with Gasteiger partial charge in [-0.1, -0.05) is 30.3 Å². The van der Waals surface area contributed by atoms with Crippen molar-refractivity contribution < 1.29 is 17.9 Å². The van der Waals surface area contributed by atoms with Gasteiger partial charge in [-0.05, 0) is 44.0 Å². The Hall–Kier alpha value is -1.97. The standard InChI is InChI=1S/C18H17F3O/c1-17(2)11-15(14-5-3-4-6-16(14)22-17)12-7-9-13(10-8-12)18(19,20)21/h3-10,15H,11H2,1-2H3. The summed E-state index contributed by atoms with van der Waals surface area (Å²) in [6.45, 7) is 4.00. The number of hydrogen-bond acceptors (Lipinski definition) is 1. The van der Waals surface area contributed by atoms with Gasteiger partial charge in [0.05, 0.1) is 5.56 Å². The molecule has 0 N–H and O–H groups in total. The molecule has 0 aromatic heterocycles. The van der Waals surface area contributed by atoms with Crippen LogP contribution in [-0.2, 0) is 6.18 Å². The van der Waals surface area contributed by atoms with E-state index in [1.54, 1.807) is 12.1 Å². The van der Waals surface area contributed by atoms with E-state index < -0.39 is 11.7 Å². The van der Waals surface area contributed by atoms with Crippen LogP contribution < -0.4 is 4.74 Å². The Balaban J connectivity index is 2.01. The maximum atomic E-state index is 12.7. The Morgan fingerprint density at radius 2 is 1.64 bits per heavy atom. The lowest BCUT2D eigenvalue weighted by Crippen LogP contribution is -2.35. The molecule has 2 aromatic rings. The molecular weight excluding hydrogens is 289 g/mol. The largest absolute Gasteiger partial charge is 0.488 e. The molecule has 1 aliphatic heterocycles. The van der Waals surface area contributed by atoms with E-state index in [2.05, 4.69) is 0 Å². The molecule has 22 heavy (non-hydrogen) atoms. The highest BCUT2D eigenvalue weighted by Crippen LogP contribution is 2.44. The van der Waals surface area contributed by atoms with E-state index in [9.17, 15) is 13.2 Å². The lowest BCUT2D eigenvalue weighted by Gasteiger charge is -2.38. The molecule has 0 spiro atoms.